The van der Waals surface area contributed by atoms with Crippen LogP contribution in [0.4, 0.5) is 0 Å². The molecule has 0 unspecified atom stereocenters. The van der Waals surface area contributed by atoms with E-state index in [0.717, 1.165) is 22.6 Å². The summed E-state index contributed by atoms with van der Waals surface area (Å²) in [5.74, 6) is 2.04. The van der Waals surface area contributed by atoms with Crippen LogP contribution in [0.5, 0.6) is 11.5 Å². The number of hydrogen-bond donors (Lipinski definition) is 1. The maximum Gasteiger partial charge on any atom is 0.271 e. The van der Waals surface area contributed by atoms with E-state index >= 15 is 0 Å². The van der Waals surface area contributed by atoms with Gasteiger partial charge in [-0.05, 0) is 55.0 Å². The van der Waals surface area contributed by atoms with Gasteiger partial charge in [-0.3, -0.25) is 4.79 Å². The molecule has 4 rings (SSSR count). The summed E-state index contributed by atoms with van der Waals surface area (Å²) < 4.78 is 11.1. The number of nitrogens with one attached hydrogen (secondary N) is 1. The number of hydrazone groups is 1. The molecule has 0 radical (unpaired) electrons. The van der Waals surface area contributed by atoms with Crippen LogP contribution in [0.1, 0.15) is 28.4 Å². The van der Waals surface area contributed by atoms with Crippen LogP contribution < -0.4 is 14.9 Å². The van der Waals surface area contributed by atoms with Crippen LogP contribution in [-0.2, 0) is 5.75 Å². The van der Waals surface area contributed by atoms with Crippen LogP contribution in [0.25, 0.3) is 0 Å². The summed E-state index contributed by atoms with van der Waals surface area (Å²) in [6.45, 7) is 2.93. The van der Waals surface area contributed by atoms with Crippen molar-refractivity contribution in [2.45, 2.75) is 17.6 Å². The molecule has 0 saturated carbocycles. The summed E-state index contributed by atoms with van der Waals surface area (Å²) in [7, 11) is 0. The second kappa shape index (κ2) is 9.50. The van der Waals surface area contributed by atoms with Crippen molar-refractivity contribution < 1.29 is 14.3 Å². The van der Waals surface area contributed by atoms with Gasteiger partial charge in [0.05, 0.1) is 5.71 Å². The van der Waals surface area contributed by atoms with E-state index in [2.05, 4.69) is 22.7 Å². The molecule has 0 spiro atoms. The van der Waals surface area contributed by atoms with Crippen LogP contribution in [0.15, 0.2) is 82.8 Å². The van der Waals surface area contributed by atoms with Crippen molar-refractivity contribution in [3.05, 3.63) is 89.5 Å². The number of carbonyl (C=O) groups is 1. The highest BCUT2D eigenvalue weighted by Crippen LogP contribution is 2.30. The summed E-state index contributed by atoms with van der Waals surface area (Å²) in [5, 5.41) is 4.23. The number of ether oxygens (including phenoxy) is 2. The average molecular weight is 419 g/mol. The van der Waals surface area contributed by atoms with Crippen molar-refractivity contribution in [1.29, 1.82) is 0 Å². The fraction of sp³-hybridized carbons (Fsp3) is 0.167. The van der Waals surface area contributed by atoms with E-state index in [0.29, 0.717) is 30.2 Å². The molecule has 6 heteroatoms. The molecule has 152 valence electrons. The summed E-state index contributed by atoms with van der Waals surface area (Å²) in [6.07, 6.45) is 0. The van der Waals surface area contributed by atoms with Gasteiger partial charge in [0.25, 0.3) is 5.91 Å². The Kier molecular flexibility index (Phi) is 6.35. The lowest BCUT2D eigenvalue weighted by molar-refractivity contribution is 0.0955. The lowest BCUT2D eigenvalue weighted by Crippen LogP contribution is -2.19. The van der Waals surface area contributed by atoms with Crippen LogP contribution in [0.3, 0.4) is 0 Å². The van der Waals surface area contributed by atoms with Gasteiger partial charge in [-0.2, -0.15) is 5.10 Å². The van der Waals surface area contributed by atoms with Gasteiger partial charge in [0, 0.05) is 21.8 Å². The second-order valence-corrected chi connectivity index (χ2v) is 7.84. The first-order valence-corrected chi connectivity index (χ1v) is 10.7. The van der Waals surface area contributed by atoms with E-state index in [4.69, 9.17) is 9.47 Å². The molecule has 0 aliphatic carbocycles. The first kappa shape index (κ1) is 20.0. The van der Waals surface area contributed by atoms with E-state index in [1.54, 1.807) is 11.8 Å². The predicted molar refractivity (Wildman–Crippen MR) is 120 cm³/mol. The number of nitrogens with zero attached hydrogens (tertiary/aromatic N) is 1. The van der Waals surface area contributed by atoms with Crippen molar-refractivity contribution in [2.24, 2.45) is 5.10 Å². The molecule has 1 aliphatic rings. The van der Waals surface area contributed by atoms with Crippen molar-refractivity contribution in [3.63, 3.8) is 0 Å². The van der Waals surface area contributed by atoms with Gasteiger partial charge >= 0.3 is 0 Å². The Morgan fingerprint density at radius 2 is 1.63 bits per heavy atom. The minimum atomic E-state index is -0.242. The number of hydrogen-bond acceptors (Lipinski definition) is 5. The quantitative estimate of drug-likeness (QED) is 0.351. The van der Waals surface area contributed by atoms with Gasteiger partial charge in [0.15, 0.2) is 11.5 Å². The van der Waals surface area contributed by atoms with Gasteiger partial charge in [-0.1, -0.05) is 30.3 Å². The third-order valence-electron chi connectivity index (χ3n) is 4.65. The molecule has 0 aromatic heterocycles. The summed E-state index contributed by atoms with van der Waals surface area (Å²) in [5.41, 5.74) is 5.92. The molecular weight excluding hydrogens is 396 g/mol. The van der Waals surface area contributed by atoms with Crippen LogP contribution in [0, 0.1) is 0 Å². The third kappa shape index (κ3) is 5.02. The van der Waals surface area contributed by atoms with Gasteiger partial charge in [-0.25, -0.2) is 5.43 Å². The Morgan fingerprint density at radius 1 is 0.933 bits per heavy atom. The molecule has 0 bridgehead atoms. The molecule has 1 heterocycles. The van der Waals surface area contributed by atoms with Crippen molar-refractivity contribution in [3.8, 4) is 11.5 Å². The maximum atomic E-state index is 12.4. The molecule has 1 aliphatic heterocycles. The molecule has 1 amide bonds. The van der Waals surface area contributed by atoms with Crippen molar-refractivity contribution in [1.82, 2.24) is 5.43 Å². The normalized spacial score (nSPS) is 13.0. The largest absolute Gasteiger partial charge is 0.486 e. The Hall–Kier alpha value is -3.25. The second-order valence-electron chi connectivity index (χ2n) is 6.80. The highest BCUT2D eigenvalue weighted by molar-refractivity contribution is 7.98. The molecular formula is C24H22N2O3S. The highest BCUT2D eigenvalue weighted by atomic mass is 32.2. The lowest BCUT2D eigenvalue weighted by Gasteiger charge is -2.18. The minimum absolute atomic E-state index is 0.242. The minimum Gasteiger partial charge on any atom is -0.486 e. The number of thioether (sulfide) groups is 1. The standard InChI is InChI=1S/C24H22N2O3S/c1-17(20-11-12-22-23(15-20)29-14-13-28-22)25-26-24(27)19-9-7-18(8-10-19)16-30-21-5-3-2-4-6-21/h2-12,15H,13-14,16H2,1H3,(H,26,27)/b25-17-. The van der Waals surface area contributed by atoms with Gasteiger partial charge in [0.2, 0.25) is 0 Å². The molecule has 5 nitrogen and oxygen atoms in total. The average Bonchev–Trinajstić information content (AvgIpc) is 2.81. The highest BCUT2D eigenvalue weighted by Gasteiger charge is 2.13. The van der Waals surface area contributed by atoms with E-state index in [1.165, 1.54) is 4.90 Å². The number of rotatable bonds is 6. The van der Waals surface area contributed by atoms with Crippen LogP contribution in [-0.4, -0.2) is 24.8 Å². The molecule has 3 aromatic rings. The SMILES string of the molecule is C/C(=N/NC(=O)c1ccc(CSc2ccccc2)cc1)c1ccc2c(c1)OCCO2. The number of benzene rings is 3. The van der Waals surface area contributed by atoms with Crippen LogP contribution >= 0.6 is 11.8 Å². The monoisotopic (exact) mass is 418 g/mol. The van der Waals surface area contributed by atoms with Gasteiger partial charge in [0.1, 0.15) is 13.2 Å². The van der Waals surface area contributed by atoms with E-state index in [-0.39, 0.29) is 5.91 Å². The zero-order chi connectivity index (χ0) is 20.8. The topological polar surface area (TPSA) is 59.9 Å². The number of fused-ring (bicyclic) bond motifs is 1. The molecule has 1 N–H and O–H groups in total. The molecule has 3 aromatic carbocycles. The maximum absolute atomic E-state index is 12.4. The Bertz CT molecular complexity index is 1050. The Morgan fingerprint density at radius 3 is 2.40 bits per heavy atom. The molecule has 0 atom stereocenters. The van der Waals surface area contributed by atoms with E-state index in [1.807, 2.05) is 67.6 Å². The Labute approximate surface area is 180 Å². The summed E-state index contributed by atoms with van der Waals surface area (Å²) in [4.78, 5) is 13.7. The Balaban J connectivity index is 1.35. The number of amides is 1. The predicted octanol–water partition coefficient (Wildman–Crippen LogP) is 4.90. The lowest BCUT2D eigenvalue weighted by atomic mass is 10.1. The zero-order valence-corrected chi connectivity index (χ0v) is 17.4. The first-order valence-electron chi connectivity index (χ1n) is 9.70. The fourth-order valence-corrected chi connectivity index (χ4v) is 3.84. The fourth-order valence-electron chi connectivity index (χ4n) is 2.97. The smallest absolute Gasteiger partial charge is 0.271 e. The van der Waals surface area contributed by atoms with Crippen molar-refractivity contribution in [2.75, 3.05) is 13.2 Å². The van der Waals surface area contributed by atoms with Gasteiger partial charge < -0.3 is 9.47 Å². The van der Waals surface area contributed by atoms with E-state index in [9.17, 15) is 4.79 Å². The zero-order valence-electron chi connectivity index (χ0n) is 16.6. The van der Waals surface area contributed by atoms with E-state index < -0.39 is 0 Å². The summed E-state index contributed by atoms with van der Waals surface area (Å²) >= 11 is 1.77. The molecule has 0 saturated heterocycles. The number of carbonyl (C=O) groups excluding carboxylic acids is 1. The van der Waals surface area contributed by atoms with Crippen molar-refractivity contribution >= 4 is 23.4 Å². The van der Waals surface area contributed by atoms with Gasteiger partial charge in [-0.15, -0.1) is 11.8 Å². The summed E-state index contributed by atoms with van der Waals surface area (Å²) in [6, 6.07) is 23.5. The molecule has 0 fully saturated rings. The first-order chi connectivity index (χ1) is 14.7. The molecule has 30 heavy (non-hydrogen) atoms. The van der Waals surface area contributed by atoms with Crippen LogP contribution in [0.2, 0.25) is 0 Å². The third-order valence-corrected chi connectivity index (χ3v) is 5.73.